The smallest absolute Gasteiger partial charge is 0.238 e. The van der Waals surface area contributed by atoms with Gasteiger partial charge in [0.1, 0.15) is 0 Å². The Labute approximate surface area is 136 Å². The first kappa shape index (κ1) is 17.6. The van der Waals surface area contributed by atoms with Gasteiger partial charge in [0.15, 0.2) is 5.78 Å². The molecule has 1 aliphatic rings. The second-order valence-electron chi connectivity index (χ2n) is 5.62. The van der Waals surface area contributed by atoms with Gasteiger partial charge >= 0.3 is 0 Å². The Hall–Kier alpha value is -1.77. The van der Waals surface area contributed by atoms with Crippen molar-refractivity contribution in [2.75, 3.05) is 44.3 Å². The van der Waals surface area contributed by atoms with E-state index in [0.717, 1.165) is 0 Å². The summed E-state index contributed by atoms with van der Waals surface area (Å²) in [6.07, 6.45) is 1.19. The van der Waals surface area contributed by atoms with Crippen LogP contribution in [0.15, 0.2) is 24.3 Å². The summed E-state index contributed by atoms with van der Waals surface area (Å²) in [6, 6.07) is 6.72. The molecule has 23 heavy (non-hydrogen) atoms. The molecular formula is C15H21N3O4S. The fourth-order valence-electron chi connectivity index (χ4n) is 2.41. The van der Waals surface area contributed by atoms with Crippen LogP contribution in [-0.4, -0.2) is 68.3 Å². The van der Waals surface area contributed by atoms with E-state index >= 15 is 0 Å². The molecular weight excluding hydrogens is 318 g/mol. The molecule has 126 valence electrons. The number of carbonyl (C=O) groups excluding carboxylic acids is 2. The second-order valence-corrected chi connectivity index (χ2v) is 7.60. The summed E-state index contributed by atoms with van der Waals surface area (Å²) >= 11 is 0. The number of amides is 1. The first-order valence-corrected chi connectivity index (χ1v) is 9.19. The van der Waals surface area contributed by atoms with Gasteiger partial charge < -0.3 is 5.32 Å². The quantitative estimate of drug-likeness (QED) is 0.785. The lowest BCUT2D eigenvalue weighted by molar-refractivity contribution is -0.117. The fourth-order valence-corrected chi connectivity index (χ4v) is 3.24. The van der Waals surface area contributed by atoms with Crippen LogP contribution in [0.2, 0.25) is 0 Å². The van der Waals surface area contributed by atoms with Crippen molar-refractivity contribution in [3.8, 4) is 0 Å². The number of nitrogens with one attached hydrogen (secondary N) is 1. The van der Waals surface area contributed by atoms with Gasteiger partial charge in [0.2, 0.25) is 15.9 Å². The van der Waals surface area contributed by atoms with Crippen LogP contribution in [0.4, 0.5) is 5.69 Å². The summed E-state index contributed by atoms with van der Waals surface area (Å²) in [6.45, 7) is 3.57. The van der Waals surface area contributed by atoms with E-state index < -0.39 is 10.0 Å². The number of sulfonamides is 1. The zero-order valence-corrected chi connectivity index (χ0v) is 14.1. The van der Waals surface area contributed by atoms with Crippen LogP contribution in [0.5, 0.6) is 0 Å². The molecule has 1 amide bonds. The van der Waals surface area contributed by atoms with Crippen LogP contribution in [0, 0.1) is 0 Å². The van der Waals surface area contributed by atoms with E-state index in [4.69, 9.17) is 0 Å². The number of nitrogens with zero attached hydrogens (tertiary/aromatic N) is 2. The summed E-state index contributed by atoms with van der Waals surface area (Å²) in [5, 5.41) is 2.77. The van der Waals surface area contributed by atoms with Crippen LogP contribution in [0.3, 0.4) is 0 Å². The van der Waals surface area contributed by atoms with Crippen molar-refractivity contribution in [3.63, 3.8) is 0 Å². The molecule has 1 aromatic rings. The van der Waals surface area contributed by atoms with Crippen molar-refractivity contribution in [3.05, 3.63) is 29.8 Å². The number of hydrogen-bond donors (Lipinski definition) is 1. The zero-order chi connectivity index (χ0) is 17.0. The van der Waals surface area contributed by atoms with Crippen LogP contribution >= 0.6 is 0 Å². The average Bonchev–Trinajstić information content (AvgIpc) is 2.47. The first-order valence-electron chi connectivity index (χ1n) is 7.34. The van der Waals surface area contributed by atoms with Crippen LogP contribution < -0.4 is 5.32 Å². The van der Waals surface area contributed by atoms with Gasteiger partial charge in [-0.1, -0.05) is 0 Å². The maximum atomic E-state index is 12.0. The fraction of sp³-hybridized carbons (Fsp3) is 0.467. The standard InChI is InChI=1S/C15H21N3O4S/c1-12(19)13-3-5-14(6-4-13)16-15(20)11-17-7-9-18(10-8-17)23(2,21)22/h3-6H,7-11H2,1-2H3,(H,16,20). The second kappa shape index (κ2) is 7.20. The third-order valence-corrected chi connectivity index (χ3v) is 5.05. The third kappa shape index (κ3) is 5.12. The highest BCUT2D eigenvalue weighted by Gasteiger charge is 2.24. The summed E-state index contributed by atoms with van der Waals surface area (Å²) in [4.78, 5) is 25.1. The number of rotatable bonds is 5. The summed E-state index contributed by atoms with van der Waals surface area (Å²) in [5.74, 6) is -0.181. The van der Waals surface area contributed by atoms with Gasteiger partial charge in [0.05, 0.1) is 12.8 Å². The SMILES string of the molecule is CC(=O)c1ccc(NC(=O)CN2CCN(S(C)(=O)=O)CC2)cc1. The van der Waals surface area contributed by atoms with Crippen LogP contribution in [0.25, 0.3) is 0 Å². The highest BCUT2D eigenvalue weighted by Crippen LogP contribution is 2.11. The lowest BCUT2D eigenvalue weighted by Crippen LogP contribution is -2.50. The Morgan fingerprint density at radius 3 is 2.13 bits per heavy atom. The molecule has 0 spiro atoms. The van der Waals surface area contributed by atoms with Crippen LogP contribution in [0.1, 0.15) is 17.3 Å². The first-order chi connectivity index (χ1) is 10.8. The largest absolute Gasteiger partial charge is 0.325 e. The Bertz CT molecular complexity index is 677. The number of Topliss-reactive ketones (excluding diaryl/α,β-unsaturated/α-hetero) is 1. The number of benzene rings is 1. The lowest BCUT2D eigenvalue weighted by atomic mass is 10.1. The monoisotopic (exact) mass is 339 g/mol. The van der Waals surface area contributed by atoms with Crippen molar-refractivity contribution in [2.24, 2.45) is 0 Å². The zero-order valence-electron chi connectivity index (χ0n) is 13.3. The number of carbonyl (C=O) groups is 2. The predicted octanol–water partition coefficient (Wildman–Crippen LogP) is 0.405. The van der Waals surface area contributed by atoms with Gasteiger partial charge in [0.25, 0.3) is 0 Å². The molecule has 7 nitrogen and oxygen atoms in total. The van der Waals surface area contributed by atoms with E-state index in [-0.39, 0.29) is 18.2 Å². The molecule has 2 rings (SSSR count). The minimum absolute atomic E-state index is 0.0216. The van der Waals surface area contributed by atoms with E-state index in [0.29, 0.717) is 37.4 Å². The predicted molar refractivity (Wildman–Crippen MR) is 87.9 cm³/mol. The van der Waals surface area contributed by atoms with Gasteiger partial charge in [-0.15, -0.1) is 0 Å². The normalized spacial score (nSPS) is 17.0. The lowest BCUT2D eigenvalue weighted by Gasteiger charge is -2.32. The van der Waals surface area contributed by atoms with Gasteiger partial charge in [-0.3, -0.25) is 14.5 Å². The molecule has 0 aromatic heterocycles. The maximum absolute atomic E-state index is 12.0. The molecule has 0 atom stereocenters. The number of anilines is 1. The molecule has 1 N–H and O–H groups in total. The van der Waals surface area contributed by atoms with E-state index in [2.05, 4.69) is 5.32 Å². The molecule has 1 aromatic carbocycles. The van der Waals surface area contributed by atoms with Gasteiger partial charge in [-0.2, -0.15) is 4.31 Å². The Morgan fingerprint density at radius 1 is 1.09 bits per heavy atom. The molecule has 0 aliphatic carbocycles. The molecule has 1 heterocycles. The van der Waals surface area contributed by atoms with Crippen molar-refractivity contribution in [1.29, 1.82) is 0 Å². The van der Waals surface area contributed by atoms with Crippen molar-refractivity contribution in [1.82, 2.24) is 9.21 Å². The highest BCUT2D eigenvalue weighted by atomic mass is 32.2. The molecule has 1 aliphatic heterocycles. The van der Waals surface area contributed by atoms with Gasteiger partial charge in [-0.25, -0.2) is 8.42 Å². The topological polar surface area (TPSA) is 86.8 Å². The Morgan fingerprint density at radius 2 is 1.65 bits per heavy atom. The van der Waals surface area contributed by atoms with E-state index in [1.165, 1.54) is 17.5 Å². The summed E-state index contributed by atoms with van der Waals surface area (Å²) in [5.41, 5.74) is 1.23. The van der Waals surface area contributed by atoms with Crippen molar-refractivity contribution in [2.45, 2.75) is 6.92 Å². The van der Waals surface area contributed by atoms with E-state index in [9.17, 15) is 18.0 Å². The third-order valence-electron chi connectivity index (χ3n) is 3.74. The average molecular weight is 339 g/mol. The molecule has 1 fully saturated rings. The van der Waals surface area contributed by atoms with E-state index in [1.807, 2.05) is 4.90 Å². The number of piperazine rings is 1. The minimum atomic E-state index is -3.16. The van der Waals surface area contributed by atoms with Gasteiger partial charge in [-0.05, 0) is 31.2 Å². The molecule has 1 saturated heterocycles. The maximum Gasteiger partial charge on any atom is 0.238 e. The molecule has 0 bridgehead atoms. The number of ketones is 1. The Balaban J connectivity index is 1.83. The molecule has 0 radical (unpaired) electrons. The van der Waals surface area contributed by atoms with Crippen molar-refractivity contribution < 1.29 is 18.0 Å². The highest BCUT2D eigenvalue weighted by molar-refractivity contribution is 7.88. The van der Waals surface area contributed by atoms with E-state index in [1.54, 1.807) is 24.3 Å². The summed E-state index contributed by atoms with van der Waals surface area (Å²) in [7, 11) is -3.16. The van der Waals surface area contributed by atoms with Crippen molar-refractivity contribution >= 4 is 27.4 Å². The Kier molecular flexibility index (Phi) is 5.51. The number of hydrogen-bond acceptors (Lipinski definition) is 5. The summed E-state index contributed by atoms with van der Waals surface area (Å²) < 4.78 is 24.3. The molecule has 8 heteroatoms. The van der Waals surface area contributed by atoms with Crippen LogP contribution in [-0.2, 0) is 14.8 Å². The van der Waals surface area contributed by atoms with Gasteiger partial charge in [0, 0.05) is 37.4 Å². The molecule has 0 unspecified atom stereocenters. The minimum Gasteiger partial charge on any atom is -0.325 e. The molecule has 0 saturated carbocycles.